The first-order chi connectivity index (χ1) is 8.91. The molecule has 12 heteroatoms. The van der Waals surface area contributed by atoms with Crippen molar-refractivity contribution in [2.24, 2.45) is 5.14 Å². The lowest BCUT2D eigenvalue weighted by Gasteiger charge is -2.14. The summed E-state index contributed by atoms with van der Waals surface area (Å²) in [5.41, 5.74) is 0. The number of sulfonamides is 1. The van der Waals surface area contributed by atoms with Crippen molar-refractivity contribution in [2.45, 2.75) is 12.5 Å². The van der Waals surface area contributed by atoms with E-state index in [0.29, 0.717) is 0 Å². The number of nitrogens with one attached hydrogen (secondary N) is 2. The Bertz CT molecular complexity index is 555. The average Bonchev–Trinajstić information content (AvgIpc) is 2.20. The van der Waals surface area contributed by atoms with Crippen LogP contribution >= 0.6 is 0 Å². The molecule has 2 amide bonds. The Morgan fingerprint density at radius 2 is 1.75 bits per heavy atom. The minimum absolute atomic E-state index is 0.289. The summed E-state index contributed by atoms with van der Waals surface area (Å²) >= 11 is 0. The van der Waals surface area contributed by atoms with Gasteiger partial charge in [-0.2, -0.15) is 0 Å². The number of aliphatic carboxylic acids is 1. The number of hydrogen-bond donors (Lipinski definition) is 4. The van der Waals surface area contributed by atoms with Gasteiger partial charge >= 0.3 is 12.0 Å². The maximum Gasteiger partial charge on any atom is 0.326 e. The van der Waals surface area contributed by atoms with E-state index in [1.165, 1.54) is 0 Å². The van der Waals surface area contributed by atoms with Crippen molar-refractivity contribution >= 4 is 31.9 Å². The molecule has 0 spiro atoms. The van der Waals surface area contributed by atoms with Crippen LogP contribution in [0.3, 0.4) is 0 Å². The lowest BCUT2D eigenvalue weighted by atomic mass is 10.2. The number of sulfone groups is 1. The maximum absolute atomic E-state index is 11.3. The molecule has 0 radical (unpaired) electrons. The summed E-state index contributed by atoms with van der Waals surface area (Å²) in [6.07, 6.45) is 0.648. The zero-order valence-electron chi connectivity index (χ0n) is 10.7. The highest BCUT2D eigenvalue weighted by Crippen LogP contribution is 1.97. The van der Waals surface area contributed by atoms with Crippen molar-refractivity contribution < 1.29 is 31.5 Å². The molecule has 0 rings (SSSR count). The van der Waals surface area contributed by atoms with Gasteiger partial charge < -0.3 is 15.7 Å². The SMILES string of the molecule is CS(=O)(=O)CCC(NC(=O)NCCS(N)(=O)=O)C(=O)O. The lowest BCUT2D eigenvalue weighted by Crippen LogP contribution is -2.47. The first kappa shape index (κ1) is 18.6. The number of nitrogens with two attached hydrogens (primary N) is 1. The van der Waals surface area contributed by atoms with Crippen molar-refractivity contribution in [3.8, 4) is 0 Å². The third kappa shape index (κ3) is 10.5. The molecule has 1 unspecified atom stereocenters. The van der Waals surface area contributed by atoms with Gasteiger partial charge in [0, 0.05) is 12.8 Å². The monoisotopic (exact) mass is 331 g/mol. The van der Waals surface area contributed by atoms with Crippen molar-refractivity contribution in [3.05, 3.63) is 0 Å². The Balaban J connectivity index is 4.32. The normalized spacial score (nSPS) is 13.5. The van der Waals surface area contributed by atoms with Crippen LogP contribution in [-0.4, -0.2) is 64.3 Å². The summed E-state index contributed by atoms with van der Waals surface area (Å²) in [4.78, 5) is 22.1. The molecule has 0 aliphatic heterocycles. The van der Waals surface area contributed by atoms with E-state index in [-0.39, 0.29) is 13.0 Å². The van der Waals surface area contributed by atoms with Gasteiger partial charge in [0.25, 0.3) is 0 Å². The van der Waals surface area contributed by atoms with Gasteiger partial charge in [0.05, 0.1) is 11.5 Å². The molecule has 0 aromatic rings. The van der Waals surface area contributed by atoms with Crippen LogP contribution in [0.4, 0.5) is 4.79 Å². The predicted octanol–water partition coefficient (Wildman–Crippen LogP) is -2.54. The van der Waals surface area contributed by atoms with Gasteiger partial charge in [0.15, 0.2) is 0 Å². The van der Waals surface area contributed by atoms with Crippen LogP contribution in [0.25, 0.3) is 0 Å². The van der Waals surface area contributed by atoms with Crippen LogP contribution in [0.15, 0.2) is 0 Å². The van der Waals surface area contributed by atoms with Gasteiger partial charge in [-0.3, -0.25) is 0 Å². The fraction of sp³-hybridized carbons (Fsp3) is 0.750. The number of primary sulfonamides is 1. The Labute approximate surface area is 116 Å². The first-order valence-corrected chi connectivity index (χ1v) is 9.13. The molecule has 118 valence electrons. The van der Waals surface area contributed by atoms with Crippen LogP contribution in [0, 0.1) is 0 Å². The number of carboxylic acid groups (broad SMARTS) is 1. The third-order valence-corrected chi connectivity index (χ3v) is 3.80. The molecule has 0 fully saturated rings. The third-order valence-electron chi connectivity index (χ3n) is 2.05. The number of carboxylic acids is 1. The summed E-state index contributed by atoms with van der Waals surface area (Å²) in [5, 5.41) is 17.7. The average molecular weight is 331 g/mol. The van der Waals surface area contributed by atoms with Crippen molar-refractivity contribution in [2.75, 3.05) is 24.3 Å². The van der Waals surface area contributed by atoms with Gasteiger partial charge in [-0.25, -0.2) is 31.6 Å². The standard InChI is InChI=1S/C8H17N3O7S2/c1-19(15,16)4-2-6(7(12)13)11-8(14)10-3-5-20(9,17)18/h6H,2-5H2,1H3,(H,12,13)(H2,9,17,18)(H2,10,11,14). The molecule has 20 heavy (non-hydrogen) atoms. The Morgan fingerprint density at radius 1 is 1.20 bits per heavy atom. The molecule has 0 aromatic heterocycles. The summed E-state index contributed by atoms with van der Waals surface area (Å²) in [5.74, 6) is -2.29. The fourth-order valence-electron chi connectivity index (χ4n) is 1.11. The van der Waals surface area contributed by atoms with Crippen LogP contribution in [0.5, 0.6) is 0 Å². The molecule has 0 bridgehead atoms. The molecule has 0 aliphatic rings. The van der Waals surface area contributed by atoms with E-state index in [0.717, 1.165) is 6.26 Å². The summed E-state index contributed by atoms with van der Waals surface area (Å²) in [7, 11) is -7.09. The summed E-state index contributed by atoms with van der Waals surface area (Å²) in [6, 6.07) is -2.31. The van der Waals surface area contributed by atoms with E-state index in [4.69, 9.17) is 10.2 Å². The van der Waals surface area contributed by atoms with Gasteiger partial charge in [0.1, 0.15) is 15.9 Å². The number of urea groups is 1. The minimum atomic E-state index is -3.73. The Morgan fingerprint density at radius 3 is 2.15 bits per heavy atom. The highest BCUT2D eigenvalue weighted by Gasteiger charge is 2.21. The Kier molecular flexibility index (Phi) is 6.88. The molecule has 0 saturated carbocycles. The van der Waals surface area contributed by atoms with Crippen LogP contribution in [-0.2, 0) is 24.7 Å². The van der Waals surface area contributed by atoms with Crippen molar-refractivity contribution in [1.82, 2.24) is 10.6 Å². The van der Waals surface area contributed by atoms with Crippen molar-refractivity contribution in [3.63, 3.8) is 0 Å². The molecule has 1 atom stereocenters. The van der Waals surface area contributed by atoms with Crippen LogP contribution < -0.4 is 15.8 Å². The number of rotatable bonds is 8. The molecule has 0 aromatic carbocycles. The number of carbonyl (C=O) groups is 2. The number of carbonyl (C=O) groups excluding carboxylic acids is 1. The molecule has 0 heterocycles. The number of hydrogen-bond acceptors (Lipinski definition) is 6. The van der Waals surface area contributed by atoms with Crippen LogP contribution in [0.2, 0.25) is 0 Å². The predicted molar refractivity (Wildman–Crippen MR) is 70.3 cm³/mol. The second-order valence-corrected chi connectivity index (χ2v) is 8.07. The zero-order valence-corrected chi connectivity index (χ0v) is 12.3. The molecule has 0 aliphatic carbocycles. The van der Waals surface area contributed by atoms with E-state index >= 15 is 0 Å². The first-order valence-electron chi connectivity index (χ1n) is 5.36. The smallest absolute Gasteiger partial charge is 0.326 e. The highest BCUT2D eigenvalue weighted by atomic mass is 32.2. The fourth-order valence-corrected chi connectivity index (χ4v) is 2.16. The van der Waals surface area contributed by atoms with E-state index in [2.05, 4.69) is 5.32 Å². The largest absolute Gasteiger partial charge is 0.480 e. The lowest BCUT2D eigenvalue weighted by molar-refractivity contribution is -0.139. The Hall–Kier alpha value is -1.40. The molecule has 0 saturated heterocycles. The summed E-state index contributed by atoms with van der Waals surface area (Å²) < 4.78 is 43.1. The van der Waals surface area contributed by atoms with Gasteiger partial charge in [-0.1, -0.05) is 0 Å². The van der Waals surface area contributed by atoms with E-state index in [1.54, 1.807) is 0 Å². The maximum atomic E-state index is 11.3. The van der Waals surface area contributed by atoms with Crippen molar-refractivity contribution in [1.29, 1.82) is 0 Å². The minimum Gasteiger partial charge on any atom is -0.480 e. The quantitative estimate of drug-likeness (QED) is 0.379. The molecule has 5 N–H and O–H groups in total. The van der Waals surface area contributed by atoms with Crippen LogP contribution in [0.1, 0.15) is 6.42 Å². The second-order valence-electron chi connectivity index (χ2n) is 4.08. The van der Waals surface area contributed by atoms with Gasteiger partial charge in [-0.15, -0.1) is 0 Å². The van der Waals surface area contributed by atoms with Gasteiger partial charge in [0.2, 0.25) is 10.0 Å². The van der Waals surface area contributed by atoms with E-state index < -0.39 is 49.4 Å². The van der Waals surface area contributed by atoms with Gasteiger partial charge in [-0.05, 0) is 6.42 Å². The molecular weight excluding hydrogens is 314 g/mol. The zero-order chi connectivity index (χ0) is 16.0. The van der Waals surface area contributed by atoms with E-state index in [1.807, 2.05) is 5.32 Å². The van der Waals surface area contributed by atoms with E-state index in [9.17, 15) is 26.4 Å². The highest BCUT2D eigenvalue weighted by molar-refractivity contribution is 7.90. The number of amides is 2. The topological polar surface area (TPSA) is 173 Å². The molecule has 10 nitrogen and oxygen atoms in total. The molecular formula is C8H17N3O7S2. The second kappa shape index (κ2) is 7.40. The summed E-state index contributed by atoms with van der Waals surface area (Å²) in [6.45, 7) is -0.289.